The van der Waals surface area contributed by atoms with Crippen LogP contribution in [-0.2, 0) is 13.1 Å². The minimum Gasteiger partial charge on any atom is -0.326 e. The summed E-state index contributed by atoms with van der Waals surface area (Å²) in [5.41, 5.74) is 6.83. The van der Waals surface area contributed by atoms with Crippen LogP contribution >= 0.6 is 0 Å². The van der Waals surface area contributed by atoms with Crippen LogP contribution in [0.1, 0.15) is 11.1 Å². The molecule has 0 aliphatic rings. The lowest BCUT2D eigenvalue weighted by atomic mass is 10.1. The molecule has 1 aromatic carbocycles. The average molecular weight is 232 g/mol. The standard InChI is InChI=1S/C13H13FN2O/c14-12-6-10(8-15)5-11(7-12)9-16-4-2-1-3-13(16)17/h1-7H,8-9,15H2. The Hall–Kier alpha value is -1.94. The molecule has 0 aliphatic carbocycles. The van der Waals surface area contributed by atoms with Gasteiger partial charge in [-0.2, -0.15) is 0 Å². The van der Waals surface area contributed by atoms with E-state index >= 15 is 0 Å². The van der Waals surface area contributed by atoms with Gasteiger partial charge in [0.2, 0.25) is 0 Å². The zero-order valence-corrected chi connectivity index (χ0v) is 9.27. The van der Waals surface area contributed by atoms with E-state index in [1.54, 1.807) is 18.3 Å². The van der Waals surface area contributed by atoms with Crippen LogP contribution in [0.15, 0.2) is 47.4 Å². The van der Waals surface area contributed by atoms with Crippen molar-refractivity contribution in [2.45, 2.75) is 13.1 Å². The van der Waals surface area contributed by atoms with E-state index in [-0.39, 0.29) is 17.9 Å². The summed E-state index contributed by atoms with van der Waals surface area (Å²) in [7, 11) is 0. The first kappa shape index (κ1) is 11.5. The highest BCUT2D eigenvalue weighted by Crippen LogP contribution is 2.09. The van der Waals surface area contributed by atoms with Gasteiger partial charge in [-0.05, 0) is 29.3 Å². The lowest BCUT2D eigenvalue weighted by molar-refractivity contribution is 0.620. The van der Waals surface area contributed by atoms with Crippen LogP contribution in [-0.4, -0.2) is 4.57 Å². The van der Waals surface area contributed by atoms with E-state index in [1.807, 2.05) is 6.07 Å². The summed E-state index contributed by atoms with van der Waals surface area (Å²) in [6, 6.07) is 9.54. The molecular weight excluding hydrogens is 219 g/mol. The fraction of sp³-hybridized carbons (Fsp3) is 0.154. The summed E-state index contributed by atoms with van der Waals surface area (Å²) < 4.78 is 14.8. The van der Waals surface area contributed by atoms with Crippen LogP contribution in [0.3, 0.4) is 0 Å². The van der Waals surface area contributed by atoms with E-state index in [0.29, 0.717) is 6.54 Å². The van der Waals surface area contributed by atoms with Crippen molar-refractivity contribution in [1.82, 2.24) is 4.57 Å². The molecule has 0 radical (unpaired) electrons. The molecule has 0 spiro atoms. The van der Waals surface area contributed by atoms with E-state index in [9.17, 15) is 9.18 Å². The Kier molecular flexibility index (Phi) is 3.35. The largest absolute Gasteiger partial charge is 0.326 e. The number of hydrogen-bond acceptors (Lipinski definition) is 2. The molecule has 0 fully saturated rings. The first-order valence-electron chi connectivity index (χ1n) is 5.33. The van der Waals surface area contributed by atoms with Gasteiger partial charge < -0.3 is 10.3 Å². The third-order valence-corrected chi connectivity index (χ3v) is 2.50. The maximum Gasteiger partial charge on any atom is 0.250 e. The molecule has 1 heterocycles. The van der Waals surface area contributed by atoms with Gasteiger partial charge in [0.15, 0.2) is 0 Å². The number of rotatable bonds is 3. The van der Waals surface area contributed by atoms with Gasteiger partial charge in [-0.1, -0.05) is 12.1 Å². The van der Waals surface area contributed by atoms with Gasteiger partial charge in [0, 0.05) is 18.8 Å². The summed E-state index contributed by atoms with van der Waals surface area (Å²) in [4.78, 5) is 11.5. The molecule has 0 bridgehead atoms. The lowest BCUT2D eigenvalue weighted by Crippen LogP contribution is -2.18. The third kappa shape index (κ3) is 2.79. The van der Waals surface area contributed by atoms with E-state index in [0.717, 1.165) is 11.1 Å². The smallest absolute Gasteiger partial charge is 0.250 e. The summed E-state index contributed by atoms with van der Waals surface area (Å²) in [5, 5.41) is 0. The van der Waals surface area contributed by atoms with E-state index in [2.05, 4.69) is 0 Å². The molecule has 0 aliphatic heterocycles. The Balaban J connectivity index is 2.33. The second-order valence-electron chi connectivity index (χ2n) is 3.84. The molecule has 0 atom stereocenters. The molecule has 3 nitrogen and oxygen atoms in total. The minimum atomic E-state index is -0.327. The summed E-state index contributed by atoms with van der Waals surface area (Å²) in [6.45, 7) is 0.638. The average Bonchev–Trinajstić information content (AvgIpc) is 2.31. The molecule has 1 aromatic heterocycles. The molecule has 17 heavy (non-hydrogen) atoms. The van der Waals surface area contributed by atoms with Crippen molar-refractivity contribution >= 4 is 0 Å². The monoisotopic (exact) mass is 232 g/mol. The predicted octanol–water partition coefficient (Wildman–Crippen LogP) is 1.49. The van der Waals surface area contributed by atoms with Gasteiger partial charge >= 0.3 is 0 Å². The number of halogens is 1. The highest BCUT2D eigenvalue weighted by molar-refractivity contribution is 5.25. The lowest BCUT2D eigenvalue weighted by Gasteiger charge is -2.07. The van der Waals surface area contributed by atoms with Crippen LogP contribution < -0.4 is 11.3 Å². The van der Waals surface area contributed by atoms with Crippen molar-refractivity contribution in [2.75, 3.05) is 0 Å². The highest BCUT2D eigenvalue weighted by atomic mass is 19.1. The Morgan fingerprint density at radius 2 is 1.94 bits per heavy atom. The molecule has 2 aromatic rings. The molecular formula is C13H13FN2O. The Morgan fingerprint density at radius 3 is 2.65 bits per heavy atom. The summed E-state index contributed by atoms with van der Waals surface area (Å²) in [6.07, 6.45) is 1.68. The second kappa shape index (κ2) is 4.93. The van der Waals surface area contributed by atoms with Crippen molar-refractivity contribution in [2.24, 2.45) is 5.73 Å². The molecule has 0 amide bonds. The van der Waals surface area contributed by atoms with Gasteiger partial charge in [0.05, 0.1) is 6.54 Å². The Bertz CT molecular complexity index is 578. The molecule has 0 unspecified atom stereocenters. The van der Waals surface area contributed by atoms with Crippen molar-refractivity contribution in [3.63, 3.8) is 0 Å². The van der Waals surface area contributed by atoms with Gasteiger partial charge in [-0.3, -0.25) is 4.79 Å². The zero-order valence-electron chi connectivity index (χ0n) is 9.27. The number of nitrogens with two attached hydrogens (primary N) is 1. The quantitative estimate of drug-likeness (QED) is 0.871. The van der Waals surface area contributed by atoms with Gasteiger partial charge in [0.1, 0.15) is 5.82 Å². The van der Waals surface area contributed by atoms with Crippen LogP contribution in [0.2, 0.25) is 0 Å². The minimum absolute atomic E-state index is 0.106. The number of pyridine rings is 1. The van der Waals surface area contributed by atoms with E-state index < -0.39 is 0 Å². The van der Waals surface area contributed by atoms with Crippen molar-refractivity contribution in [3.8, 4) is 0 Å². The number of aromatic nitrogens is 1. The molecule has 0 saturated heterocycles. The molecule has 2 rings (SSSR count). The Labute approximate surface area is 98.3 Å². The van der Waals surface area contributed by atoms with Gasteiger partial charge in [-0.15, -0.1) is 0 Å². The highest BCUT2D eigenvalue weighted by Gasteiger charge is 2.01. The van der Waals surface area contributed by atoms with Crippen LogP contribution in [0.25, 0.3) is 0 Å². The van der Waals surface area contributed by atoms with E-state index in [4.69, 9.17) is 5.73 Å². The molecule has 2 N–H and O–H groups in total. The van der Waals surface area contributed by atoms with Gasteiger partial charge in [-0.25, -0.2) is 4.39 Å². The molecule has 88 valence electrons. The third-order valence-electron chi connectivity index (χ3n) is 2.50. The topological polar surface area (TPSA) is 48.0 Å². The number of benzene rings is 1. The maximum absolute atomic E-state index is 13.3. The Morgan fingerprint density at radius 1 is 1.18 bits per heavy atom. The van der Waals surface area contributed by atoms with E-state index in [1.165, 1.54) is 22.8 Å². The normalized spacial score (nSPS) is 10.5. The molecule has 4 heteroatoms. The molecule has 0 saturated carbocycles. The SMILES string of the molecule is NCc1cc(F)cc(Cn2ccccc2=O)c1. The van der Waals surface area contributed by atoms with Crippen LogP contribution in [0.4, 0.5) is 4.39 Å². The van der Waals surface area contributed by atoms with Crippen molar-refractivity contribution in [1.29, 1.82) is 0 Å². The predicted molar refractivity (Wildman–Crippen MR) is 64.1 cm³/mol. The summed E-state index contributed by atoms with van der Waals surface area (Å²) >= 11 is 0. The number of hydrogen-bond donors (Lipinski definition) is 1. The van der Waals surface area contributed by atoms with Crippen molar-refractivity contribution in [3.05, 3.63) is 69.9 Å². The van der Waals surface area contributed by atoms with Gasteiger partial charge in [0.25, 0.3) is 5.56 Å². The first-order chi connectivity index (χ1) is 8.19. The zero-order chi connectivity index (χ0) is 12.3. The summed E-state index contributed by atoms with van der Waals surface area (Å²) in [5.74, 6) is -0.327. The fourth-order valence-electron chi connectivity index (χ4n) is 1.71. The first-order valence-corrected chi connectivity index (χ1v) is 5.33. The second-order valence-corrected chi connectivity index (χ2v) is 3.84. The fourth-order valence-corrected chi connectivity index (χ4v) is 1.71. The maximum atomic E-state index is 13.3. The van der Waals surface area contributed by atoms with Crippen LogP contribution in [0, 0.1) is 5.82 Å². The number of nitrogens with zero attached hydrogens (tertiary/aromatic N) is 1. The van der Waals surface area contributed by atoms with Crippen molar-refractivity contribution < 1.29 is 4.39 Å². The van der Waals surface area contributed by atoms with Crippen LogP contribution in [0.5, 0.6) is 0 Å².